The number of nitrogens with one attached hydrogen (secondary N) is 3. The molecule has 0 aliphatic rings. The average molecular weight is 467 g/mol. The lowest BCUT2D eigenvalue weighted by Gasteiger charge is -2.12. The standard InChI is InChI=1S/C19H25N5O.HI/c1-3-20-19(24-14-17-9-4-5-10-21-17)23-12-11-22-18(25)16-8-6-7-15(2)13-16;/h4-10,13H,3,11-12,14H2,1-2H3,(H,22,25)(H2,20,23,24);1H. The van der Waals surface area contributed by atoms with Crippen LogP contribution in [-0.2, 0) is 6.54 Å². The normalized spacial score (nSPS) is 10.6. The summed E-state index contributed by atoms with van der Waals surface area (Å²) in [7, 11) is 0. The summed E-state index contributed by atoms with van der Waals surface area (Å²) in [6.07, 6.45) is 1.76. The molecule has 1 aromatic heterocycles. The SMILES string of the molecule is CCNC(=NCc1ccccn1)NCCNC(=O)c1cccc(C)c1.I. The van der Waals surface area contributed by atoms with Crippen LogP contribution in [0, 0.1) is 6.92 Å². The number of halogens is 1. The maximum atomic E-state index is 12.1. The molecule has 0 saturated carbocycles. The van der Waals surface area contributed by atoms with Crippen molar-refractivity contribution in [3.05, 3.63) is 65.5 Å². The van der Waals surface area contributed by atoms with Crippen molar-refractivity contribution in [2.24, 2.45) is 4.99 Å². The molecular formula is C19H26IN5O. The minimum atomic E-state index is -0.0686. The number of pyridine rings is 1. The van der Waals surface area contributed by atoms with E-state index in [1.54, 1.807) is 6.20 Å². The average Bonchev–Trinajstić information content (AvgIpc) is 2.63. The van der Waals surface area contributed by atoms with Crippen molar-refractivity contribution in [1.82, 2.24) is 20.9 Å². The lowest BCUT2D eigenvalue weighted by Crippen LogP contribution is -2.41. The predicted molar refractivity (Wildman–Crippen MR) is 116 cm³/mol. The third kappa shape index (κ3) is 7.81. The number of aryl methyl sites for hydroxylation is 1. The van der Waals surface area contributed by atoms with E-state index in [1.165, 1.54) is 0 Å². The summed E-state index contributed by atoms with van der Waals surface area (Å²) in [6, 6.07) is 13.3. The summed E-state index contributed by atoms with van der Waals surface area (Å²) >= 11 is 0. The summed E-state index contributed by atoms with van der Waals surface area (Å²) in [5.74, 6) is 0.638. The first kappa shape index (κ1) is 21.9. The number of rotatable bonds is 7. The van der Waals surface area contributed by atoms with E-state index >= 15 is 0 Å². The van der Waals surface area contributed by atoms with Gasteiger partial charge < -0.3 is 16.0 Å². The van der Waals surface area contributed by atoms with Gasteiger partial charge >= 0.3 is 0 Å². The van der Waals surface area contributed by atoms with E-state index in [0.29, 0.717) is 31.2 Å². The number of hydrogen-bond acceptors (Lipinski definition) is 3. The molecule has 0 bridgehead atoms. The van der Waals surface area contributed by atoms with Gasteiger partial charge in [0.05, 0.1) is 12.2 Å². The molecule has 0 aliphatic heterocycles. The number of aliphatic imine (C=N–C) groups is 1. The van der Waals surface area contributed by atoms with Crippen LogP contribution in [0.3, 0.4) is 0 Å². The molecule has 0 unspecified atom stereocenters. The summed E-state index contributed by atoms with van der Waals surface area (Å²) in [6.45, 7) is 6.36. The molecular weight excluding hydrogens is 441 g/mol. The van der Waals surface area contributed by atoms with Crippen molar-refractivity contribution < 1.29 is 4.79 Å². The van der Waals surface area contributed by atoms with Crippen LogP contribution in [0.4, 0.5) is 0 Å². The summed E-state index contributed by atoms with van der Waals surface area (Å²) in [4.78, 5) is 20.8. The number of amides is 1. The Morgan fingerprint density at radius 3 is 2.58 bits per heavy atom. The Bertz CT molecular complexity index is 706. The highest BCUT2D eigenvalue weighted by Crippen LogP contribution is 2.03. The van der Waals surface area contributed by atoms with Gasteiger partial charge in [-0.1, -0.05) is 23.8 Å². The second-order valence-corrected chi connectivity index (χ2v) is 5.57. The lowest BCUT2D eigenvalue weighted by molar-refractivity contribution is 0.0954. The molecule has 2 aromatic rings. The van der Waals surface area contributed by atoms with E-state index in [1.807, 2.05) is 56.3 Å². The highest BCUT2D eigenvalue weighted by Gasteiger charge is 2.04. The van der Waals surface area contributed by atoms with Crippen LogP contribution in [-0.4, -0.2) is 36.5 Å². The Hall–Kier alpha value is -2.16. The number of nitrogens with zero attached hydrogens (tertiary/aromatic N) is 2. The fraction of sp³-hybridized carbons (Fsp3) is 0.316. The monoisotopic (exact) mass is 467 g/mol. The van der Waals surface area contributed by atoms with Crippen LogP contribution >= 0.6 is 24.0 Å². The fourth-order valence-electron chi connectivity index (χ4n) is 2.24. The van der Waals surface area contributed by atoms with Gasteiger partial charge in [-0.3, -0.25) is 9.78 Å². The number of carbonyl (C=O) groups excluding carboxylic acids is 1. The van der Waals surface area contributed by atoms with E-state index in [9.17, 15) is 4.79 Å². The molecule has 3 N–H and O–H groups in total. The van der Waals surface area contributed by atoms with Gasteiger partial charge in [-0.05, 0) is 38.1 Å². The van der Waals surface area contributed by atoms with Gasteiger partial charge in [0.25, 0.3) is 5.91 Å². The van der Waals surface area contributed by atoms with Crippen LogP contribution in [0.5, 0.6) is 0 Å². The van der Waals surface area contributed by atoms with Crippen LogP contribution in [0.2, 0.25) is 0 Å². The zero-order valence-corrected chi connectivity index (χ0v) is 17.5. The Morgan fingerprint density at radius 1 is 1.08 bits per heavy atom. The third-order valence-corrected chi connectivity index (χ3v) is 3.45. The minimum Gasteiger partial charge on any atom is -0.357 e. The molecule has 140 valence electrons. The number of aromatic nitrogens is 1. The van der Waals surface area contributed by atoms with Crippen LogP contribution in [0.25, 0.3) is 0 Å². The molecule has 1 aromatic carbocycles. The second kappa shape index (κ2) is 12.2. The van der Waals surface area contributed by atoms with E-state index in [2.05, 4.69) is 25.9 Å². The molecule has 1 heterocycles. The minimum absolute atomic E-state index is 0. The van der Waals surface area contributed by atoms with Crippen molar-refractivity contribution in [1.29, 1.82) is 0 Å². The van der Waals surface area contributed by atoms with Crippen LogP contribution in [0.15, 0.2) is 53.7 Å². The first-order chi connectivity index (χ1) is 12.2. The highest BCUT2D eigenvalue weighted by atomic mass is 127. The maximum Gasteiger partial charge on any atom is 0.251 e. The Kier molecular flexibility index (Phi) is 10.3. The second-order valence-electron chi connectivity index (χ2n) is 5.57. The van der Waals surface area contributed by atoms with E-state index in [0.717, 1.165) is 17.8 Å². The van der Waals surface area contributed by atoms with Crippen molar-refractivity contribution in [2.45, 2.75) is 20.4 Å². The number of hydrogen-bond donors (Lipinski definition) is 3. The molecule has 0 radical (unpaired) electrons. The largest absolute Gasteiger partial charge is 0.357 e. The van der Waals surface area contributed by atoms with Crippen molar-refractivity contribution >= 4 is 35.8 Å². The van der Waals surface area contributed by atoms with Gasteiger partial charge in [-0.2, -0.15) is 0 Å². The first-order valence-corrected chi connectivity index (χ1v) is 8.46. The molecule has 6 nitrogen and oxygen atoms in total. The van der Waals surface area contributed by atoms with Gasteiger partial charge in [0.1, 0.15) is 0 Å². The summed E-state index contributed by atoms with van der Waals surface area (Å²) < 4.78 is 0. The maximum absolute atomic E-state index is 12.1. The van der Waals surface area contributed by atoms with Gasteiger partial charge in [0, 0.05) is 31.4 Å². The van der Waals surface area contributed by atoms with Gasteiger partial charge in [-0.15, -0.1) is 24.0 Å². The lowest BCUT2D eigenvalue weighted by atomic mass is 10.1. The molecule has 2 rings (SSSR count). The van der Waals surface area contributed by atoms with Crippen molar-refractivity contribution in [3.8, 4) is 0 Å². The molecule has 0 fully saturated rings. The van der Waals surface area contributed by atoms with E-state index in [-0.39, 0.29) is 29.9 Å². The molecule has 0 spiro atoms. The third-order valence-electron chi connectivity index (χ3n) is 3.45. The molecule has 0 aliphatic carbocycles. The zero-order chi connectivity index (χ0) is 17.9. The first-order valence-electron chi connectivity index (χ1n) is 8.46. The van der Waals surface area contributed by atoms with Gasteiger partial charge in [-0.25, -0.2) is 4.99 Å². The Balaban J connectivity index is 0.00000338. The summed E-state index contributed by atoms with van der Waals surface area (Å²) in [5, 5.41) is 9.28. The number of benzene rings is 1. The number of carbonyl (C=O) groups is 1. The molecule has 0 atom stereocenters. The quantitative estimate of drug-likeness (QED) is 0.253. The van der Waals surface area contributed by atoms with Crippen LogP contribution < -0.4 is 16.0 Å². The fourth-order valence-corrected chi connectivity index (χ4v) is 2.24. The molecule has 7 heteroatoms. The van der Waals surface area contributed by atoms with Crippen molar-refractivity contribution in [3.63, 3.8) is 0 Å². The van der Waals surface area contributed by atoms with Gasteiger partial charge in [0.15, 0.2) is 5.96 Å². The van der Waals surface area contributed by atoms with E-state index in [4.69, 9.17) is 0 Å². The summed E-state index contributed by atoms with van der Waals surface area (Å²) in [5.41, 5.74) is 2.66. The molecule has 26 heavy (non-hydrogen) atoms. The van der Waals surface area contributed by atoms with Crippen molar-refractivity contribution in [2.75, 3.05) is 19.6 Å². The van der Waals surface area contributed by atoms with E-state index < -0.39 is 0 Å². The molecule has 0 saturated heterocycles. The van der Waals surface area contributed by atoms with Crippen LogP contribution in [0.1, 0.15) is 28.5 Å². The smallest absolute Gasteiger partial charge is 0.251 e. The highest BCUT2D eigenvalue weighted by molar-refractivity contribution is 14.0. The zero-order valence-electron chi connectivity index (χ0n) is 15.2. The van der Waals surface area contributed by atoms with Gasteiger partial charge in [0.2, 0.25) is 0 Å². The topological polar surface area (TPSA) is 78.4 Å². The Labute approximate surface area is 171 Å². The molecule has 1 amide bonds. The predicted octanol–water partition coefficient (Wildman–Crippen LogP) is 2.49. The number of guanidine groups is 1. The Morgan fingerprint density at radius 2 is 1.88 bits per heavy atom.